The molecular weight excluding hydrogens is 611 g/mol. The summed E-state index contributed by atoms with van der Waals surface area (Å²) in [6, 6.07) is 25.8. The Bertz CT molecular complexity index is 1740. The molecule has 0 spiro atoms. The average molecular weight is 647 g/mol. The first kappa shape index (κ1) is 33.8. The van der Waals surface area contributed by atoms with Gasteiger partial charge in [0.05, 0.1) is 15.5 Å². The van der Waals surface area contributed by atoms with E-state index < -0.39 is 45.2 Å². The number of anilines is 1. The second kappa shape index (κ2) is 15.3. The van der Waals surface area contributed by atoms with Crippen LogP contribution in [0.25, 0.3) is 0 Å². The van der Waals surface area contributed by atoms with Crippen LogP contribution in [0.5, 0.6) is 0 Å². The molecule has 0 saturated heterocycles. The van der Waals surface area contributed by atoms with Gasteiger partial charge in [-0.25, -0.2) is 12.8 Å². The third kappa shape index (κ3) is 8.75. The van der Waals surface area contributed by atoms with Crippen molar-refractivity contribution in [2.45, 2.75) is 37.8 Å². The molecule has 240 valence electrons. The Morgan fingerprint density at radius 3 is 2.00 bits per heavy atom. The van der Waals surface area contributed by atoms with Crippen molar-refractivity contribution in [2.75, 3.05) is 17.4 Å². The number of non-ortho nitro benzene ring substituents is 1. The number of amides is 2. The Morgan fingerprint density at radius 2 is 1.43 bits per heavy atom. The molecule has 0 aliphatic rings. The topological polar surface area (TPSA) is 130 Å². The highest BCUT2D eigenvalue weighted by Crippen LogP contribution is 2.27. The molecule has 12 heteroatoms. The van der Waals surface area contributed by atoms with Gasteiger partial charge in [0.25, 0.3) is 15.7 Å². The SMILES string of the molecule is CC(C)CNC(=O)C(Cc1ccccc1)N(Cc1ccc(F)cc1)C(=O)CN(c1ccc([N+](=O)[O-])cc1)S(=O)(=O)c1ccccc1. The van der Waals surface area contributed by atoms with Crippen LogP contribution in [0, 0.1) is 21.8 Å². The standard InChI is InChI=1S/C34H35FN4O6S/c1-25(2)22-36-34(41)32(21-26-9-5-3-6-10-26)37(23-27-13-15-28(35)16-14-27)33(40)24-38(29-17-19-30(20-18-29)39(42)43)46(44,45)31-11-7-4-8-12-31/h3-20,25,32H,21-24H2,1-2H3,(H,36,41). The summed E-state index contributed by atoms with van der Waals surface area (Å²) in [6.45, 7) is 3.37. The molecule has 1 N–H and O–H groups in total. The van der Waals surface area contributed by atoms with E-state index in [4.69, 9.17) is 0 Å². The Morgan fingerprint density at radius 1 is 0.848 bits per heavy atom. The Hall–Kier alpha value is -5.10. The van der Waals surface area contributed by atoms with Crippen molar-refractivity contribution >= 4 is 33.2 Å². The third-order valence-corrected chi connectivity index (χ3v) is 8.97. The summed E-state index contributed by atoms with van der Waals surface area (Å²) in [5.74, 6) is -1.49. The van der Waals surface area contributed by atoms with Gasteiger partial charge >= 0.3 is 0 Å². The van der Waals surface area contributed by atoms with Gasteiger partial charge in [-0.15, -0.1) is 0 Å². The molecule has 46 heavy (non-hydrogen) atoms. The van der Waals surface area contributed by atoms with Crippen molar-refractivity contribution in [3.63, 3.8) is 0 Å². The highest BCUT2D eigenvalue weighted by atomic mass is 32.2. The summed E-state index contributed by atoms with van der Waals surface area (Å²) in [4.78, 5) is 40.0. The predicted molar refractivity (Wildman–Crippen MR) is 173 cm³/mol. The second-order valence-electron chi connectivity index (χ2n) is 11.1. The number of nitrogens with zero attached hydrogens (tertiary/aromatic N) is 3. The number of hydrogen-bond donors (Lipinski definition) is 1. The van der Waals surface area contributed by atoms with E-state index in [1.807, 2.05) is 44.2 Å². The molecule has 4 aromatic carbocycles. The maximum atomic E-state index is 14.4. The van der Waals surface area contributed by atoms with Gasteiger partial charge in [-0.3, -0.25) is 24.0 Å². The molecule has 10 nitrogen and oxygen atoms in total. The minimum absolute atomic E-state index is 0.0217. The lowest BCUT2D eigenvalue weighted by atomic mass is 10.0. The van der Waals surface area contributed by atoms with Gasteiger partial charge in [0.1, 0.15) is 18.4 Å². The van der Waals surface area contributed by atoms with Gasteiger partial charge < -0.3 is 10.2 Å². The molecule has 0 aliphatic carbocycles. The monoisotopic (exact) mass is 646 g/mol. The largest absolute Gasteiger partial charge is 0.354 e. The number of hydrogen-bond acceptors (Lipinski definition) is 6. The molecule has 0 saturated carbocycles. The van der Waals surface area contributed by atoms with Crippen molar-refractivity contribution < 1.29 is 27.3 Å². The molecule has 0 aliphatic heterocycles. The van der Waals surface area contributed by atoms with E-state index in [2.05, 4.69) is 5.32 Å². The Kier molecular flexibility index (Phi) is 11.2. The van der Waals surface area contributed by atoms with Gasteiger partial charge in [-0.2, -0.15) is 0 Å². The lowest BCUT2D eigenvalue weighted by Crippen LogP contribution is -2.53. The van der Waals surface area contributed by atoms with E-state index in [0.717, 1.165) is 22.0 Å². The van der Waals surface area contributed by atoms with Crippen LogP contribution in [0.1, 0.15) is 25.0 Å². The third-order valence-electron chi connectivity index (χ3n) is 7.18. The van der Waals surface area contributed by atoms with Crippen LogP contribution >= 0.6 is 0 Å². The fraction of sp³-hybridized carbons (Fsp3) is 0.235. The fourth-order valence-electron chi connectivity index (χ4n) is 4.75. The van der Waals surface area contributed by atoms with Crippen LogP contribution < -0.4 is 9.62 Å². The summed E-state index contributed by atoms with van der Waals surface area (Å²) in [7, 11) is -4.35. The molecule has 1 atom stereocenters. The number of sulfonamides is 1. The second-order valence-corrected chi connectivity index (χ2v) is 13.0. The van der Waals surface area contributed by atoms with Crippen LogP contribution in [0.3, 0.4) is 0 Å². The van der Waals surface area contributed by atoms with Crippen LogP contribution in [0.4, 0.5) is 15.8 Å². The zero-order valence-electron chi connectivity index (χ0n) is 25.5. The van der Waals surface area contributed by atoms with Crippen molar-refractivity contribution in [2.24, 2.45) is 5.92 Å². The van der Waals surface area contributed by atoms with Gasteiger partial charge in [0.2, 0.25) is 11.8 Å². The van der Waals surface area contributed by atoms with Crippen LogP contribution in [-0.2, 0) is 32.6 Å². The van der Waals surface area contributed by atoms with Gasteiger partial charge in [0, 0.05) is 31.6 Å². The first-order valence-electron chi connectivity index (χ1n) is 14.6. The van der Waals surface area contributed by atoms with Gasteiger partial charge in [-0.1, -0.05) is 74.5 Å². The molecule has 2 amide bonds. The van der Waals surface area contributed by atoms with Crippen molar-refractivity contribution in [1.82, 2.24) is 10.2 Å². The summed E-state index contributed by atoms with van der Waals surface area (Å²) < 4.78 is 42.6. The van der Waals surface area contributed by atoms with Crippen LogP contribution in [0.2, 0.25) is 0 Å². The minimum Gasteiger partial charge on any atom is -0.354 e. The van der Waals surface area contributed by atoms with Crippen LogP contribution in [0.15, 0.2) is 114 Å². The highest BCUT2D eigenvalue weighted by molar-refractivity contribution is 7.92. The quantitative estimate of drug-likeness (QED) is 0.145. The molecule has 1 unspecified atom stereocenters. The molecule has 0 fully saturated rings. The summed E-state index contributed by atoms with van der Waals surface area (Å²) >= 11 is 0. The predicted octanol–water partition coefficient (Wildman–Crippen LogP) is 5.34. The lowest BCUT2D eigenvalue weighted by Gasteiger charge is -2.34. The number of carbonyl (C=O) groups excluding carboxylic acids is 2. The van der Waals surface area contributed by atoms with E-state index in [-0.39, 0.29) is 35.2 Å². The van der Waals surface area contributed by atoms with E-state index in [0.29, 0.717) is 12.1 Å². The molecule has 4 rings (SSSR count). The van der Waals surface area contributed by atoms with E-state index in [9.17, 15) is 32.5 Å². The summed E-state index contributed by atoms with van der Waals surface area (Å²) in [5, 5.41) is 14.2. The number of halogens is 1. The number of nitrogens with one attached hydrogen (secondary N) is 1. The van der Waals surface area contributed by atoms with E-state index in [1.165, 1.54) is 53.4 Å². The molecule has 0 bridgehead atoms. The number of nitro groups is 1. The number of rotatable bonds is 14. The molecule has 0 radical (unpaired) electrons. The highest BCUT2D eigenvalue weighted by Gasteiger charge is 2.34. The maximum Gasteiger partial charge on any atom is 0.269 e. The van der Waals surface area contributed by atoms with E-state index in [1.54, 1.807) is 18.2 Å². The smallest absolute Gasteiger partial charge is 0.269 e. The van der Waals surface area contributed by atoms with Crippen molar-refractivity contribution in [1.29, 1.82) is 0 Å². The Balaban J connectivity index is 1.80. The van der Waals surface area contributed by atoms with Gasteiger partial charge in [0.15, 0.2) is 0 Å². The maximum absolute atomic E-state index is 14.4. The first-order valence-corrected chi connectivity index (χ1v) is 16.1. The van der Waals surface area contributed by atoms with Crippen molar-refractivity contribution in [3.8, 4) is 0 Å². The molecular formula is C34H35FN4O6S. The fourth-order valence-corrected chi connectivity index (χ4v) is 6.19. The molecule has 0 aromatic heterocycles. The minimum atomic E-state index is -4.35. The van der Waals surface area contributed by atoms with E-state index >= 15 is 0 Å². The molecule has 4 aromatic rings. The summed E-state index contributed by atoms with van der Waals surface area (Å²) in [5.41, 5.74) is 1.06. The number of nitro benzene ring substituents is 1. The zero-order chi connectivity index (χ0) is 33.3. The van der Waals surface area contributed by atoms with Gasteiger partial charge in [-0.05, 0) is 53.4 Å². The van der Waals surface area contributed by atoms with Crippen molar-refractivity contribution in [3.05, 3.63) is 136 Å². The normalized spacial score (nSPS) is 11.9. The Labute approximate surface area is 267 Å². The number of carbonyl (C=O) groups is 2. The zero-order valence-corrected chi connectivity index (χ0v) is 26.3. The summed E-state index contributed by atoms with van der Waals surface area (Å²) in [6.07, 6.45) is 0.126. The number of benzene rings is 4. The van der Waals surface area contributed by atoms with Crippen LogP contribution in [-0.4, -0.2) is 49.2 Å². The molecule has 0 heterocycles. The lowest BCUT2D eigenvalue weighted by molar-refractivity contribution is -0.384. The first-order chi connectivity index (χ1) is 22.0. The average Bonchev–Trinajstić information content (AvgIpc) is 3.05.